The van der Waals surface area contributed by atoms with Crippen molar-refractivity contribution in [2.24, 2.45) is 0 Å². The highest BCUT2D eigenvalue weighted by Crippen LogP contribution is 2.27. The molecule has 0 fully saturated rings. The van der Waals surface area contributed by atoms with Gasteiger partial charge in [-0.25, -0.2) is 9.37 Å². The fourth-order valence-electron chi connectivity index (χ4n) is 5.25. The highest BCUT2D eigenvalue weighted by molar-refractivity contribution is 7.14. The normalized spacial score (nSPS) is 14.9. The van der Waals surface area contributed by atoms with Crippen LogP contribution >= 0.6 is 11.3 Å². The van der Waals surface area contributed by atoms with Crippen molar-refractivity contribution in [2.45, 2.75) is 26.4 Å². The number of carbonyl (C=O) groups is 2. The first-order chi connectivity index (χ1) is 20.9. The molecule has 0 aliphatic carbocycles. The summed E-state index contributed by atoms with van der Waals surface area (Å²) < 4.78 is 18.8. The molecule has 4 aromatic rings. The summed E-state index contributed by atoms with van der Waals surface area (Å²) in [7, 11) is 1.63. The number of halogens is 1. The van der Waals surface area contributed by atoms with E-state index < -0.39 is 0 Å². The van der Waals surface area contributed by atoms with Gasteiger partial charge in [-0.05, 0) is 60.0 Å². The molecule has 0 radical (unpaired) electrons. The summed E-state index contributed by atoms with van der Waals surface area (Å²) in [5.41, 5.74) is 4.61. The van der Waals surface area contributed by atoms with Crippen LogP contribution in [0.25, 0.3) is 11.3 Å². The number of anilines is 2. The second kappa shape index (κ2) is 14.4. The average Bonchev–Trinajstić information content (AvgIpc) is 3.46. The maximum absolute atomic E-state index is 13.5. The van der Waals surface area contributed by atoms with E-state index in [4.69, 9.17) is 4.74 Å². The molecule has 43 heavy (non-hydrogen) atoms. The molecule has 10 heteroatoms. The van der Waals surface area contributed by atoms with Crippen molar-refractivity contribution < 1.29 is 18.7 Å². The standard InChI is InChI=1S/C33H36FN5O3S/c1-24(40)39-17-5-16-37(20-25-8-12-28(34)13-9-25)18-19-38(21-27-6-3-4-7-31(27)39)22-32(41)36-33-35-30(23-43-33)26-10-14-29(42-2)15-11-26/h3-4,6-15,23H,5,16-22H2,1-2H3,(H,35,36,41). The van der Waals surface area contributed by atoms with Crippen LogP contribution in [0.4, 0.5) is 15.2 Å². The Balaban J connectivity index is 1.32. The first-order valence-corrected chi connectivity index (χ1v) is 15.2. The summed E-state index contributed by atoms with van der Waals surface area (Å²) in [6.07, 6.45) is 0.788. The number of nitrogens with zero attached hydrogens (tertiary/aromatic N) is 4. The minimum absolute atomic E-state index is 0.0162. The molecule has 2 heterocycles. The second-order valence-electron chi connectivity index (χ2n) is 10.6. The fraction of sp³-hybridized carbons (Fsp3) is 0.303. The molecule has 8 nitrogen and oxygen atoms in total. The predicted octanol–water partition coefficient (Wildman–Crippen LogP) is 5.66. The van der Waals surface area contributed by atoms with Crippen molar-refractivity contribution in [3.63, 3.8) is 0 Å². The number of thiazole rings is 1. The van der Waals surface area contributed by atoms with E-state index >= 15 is 0 Å². The zero-order chi connectivity index (χ0) is 30.2. The van der Waals surface area contributed by atoms with Gasteiger partial charge in [-0.3, -0.25) is 19.4 Å². The van der Waals surface area contributed by atoms with Crippen LogP contribution < -0.4 is 15.0 Å². The molecule has 0 saturated heterocycles. The third kappa shape index (κ3) is 8.25. The number of benzene rings is 3. The Kier molecular flexibility index (Phi) is 10.1. The van der Waals surface area contributed by atoms with E-state index in [-0.39, 0.29) is 24.2 Å². The van der Waals surface area contributed by atoms with Crippen molar-refractivity contribution in [3.05, 3.63) is 95.1 Å². The first-order valence-electron chi connectivity index (χ1n) is 14.3. The van der Waals surface area contributed by atoms with Gasteiger partial charge in [0.25, 0.3) is 0 Å². The Bertz CT molecular complexity index is 1530. The maximum Gasteiger partial charge on any atom is 0.240 e. The molecule has 0 spiro atoms. The zero-order valence-corrected chi connectivity index (χ0v) is 25.3. The van der Waals surface area contributed by atoms with Crippen LogP contribution in [0.3, 0.4) is 0 Å². The predicted molar refractivity (Wildman–Crippen MR) is 169 cm³/mol. The quantitative estimate of drug-likeness (QED) is 0.295. The third-order valence-corrected chi connectivity index (χ3v) is 8.23. The van der Waals surface area contributed by atoms with Gasteiger partial charge < -0.3 is 15.0 Å². The van der Waals surface area contributed by atoms with Crippen LogP contribution in [-0.2, 0) is 22.7 Å². The Morgan fingerprint density at radius 1 is 0.953 bits per heavy atom. The number of hydrogen-bond donors (Lipinski definition) is 1. The lowest BCUT2D eigenvalue weighted by molar-refractivity contribution is -0.118. The van der Waals surface area contributed by atoms with Crippen LogP contribution in [-0.4, -0.2) is 66.4 Å². The number of carbonyl (C=O) groups excluding carboxylic acids is 2. The second-order valence-corrected chi connectivity index (χ2v) is 11.4. The minimum atomic E-state index is -0.260. The van der Waals surface area contributed by atoms with Crippen molar-refractivity contribution in [1.82, 2.24) is 14.8 Å². The van der Waals surface area contributed by atoms with E-state index in [1.165, 1.54) is 23.5 Å². The summed E-state index contributed by atoms with van der Waals surface area (Å²) in [4.78, 5) is 36.9. The van der Waals surface area contributed by atoms with E-state index in [1.54, 1.807) is 26.2 Å². The third-order valence-electron chi connectivity index (χ3n) is 7.47. The van der Waals surface area contributed by atoms with Crippen LogP contribution in [0.1, 0.15) is 24.5 Å². The molecule has 0 bridgehead atoms. The number of hydrogen-bond acceptors (Lipinski definition) is 7. The Hall–Kier alpha value is -4.12. The molecule has 1 aromatic heterocycles. The number of methoxy groups -OCH3 is 1. The van der Waals surface area contributed by atoms with Crippen molar-refractivity contribution in [1.29, 1.82) is 0 Å². The topological polar surface area (TPSA) is 78.0 Å². The fourth-order valence-corrected chi connectivity index (χ4v) is 5.99. The van der Waals surface area contributed by atoms with Gasteiger partial charge in [0.05, 0.1) is 19.3 Å². The minimum Gasteiger partial charge on any atom is -0.497 e. The summed E-state index contributed by atoms with van der Waals surface area (Å²) in [5, 5.41) is 5.43. The Morgan fingerprint density at radius 2 is 1.70 bits per heavy atom. The van der Waals surface area contributed by atoms with E-state index in [2.05, 4.69) is 20.1 Å². The number of aromatic nitrogens is 1. The monoisotopic (exact) mass is 601 g/mol. The molecule has 2 amide bonds. The number of fused-ring (bicyclic) bond motifs is 1. The summed E-state index contributed by atoms with van der Waals surface area (Å²) in [6.45, 7) is 5.61. The smallest absolute Gasteiger partial charge is 0.240 e. The number of ether oxygens (including phenoxy) is 1. The zero-order valence-electron chi connectivity index (χ0n) is 24.5. The molecule has 1 aliphatic rings. The molecular weight excluding hydrogens is 565 g/mol. The Morgan fingerprint density at radius 3 is 2.44 bits per heavy atom. The highest BCUT2D eigenvalue weighted by atomic mass is 32.1. The van der Waals surface area contributed by atoms with Gasteiger partial charge in [0.2, 0.25) is 11.8 Å². The van der Waals surface area contributed by atoms with Gasteiger partial charge in [0.1, 0.15) is 11.6 Å². The van der Waals surface area contributed by atoms with E-state index in [1.807, 2.05) is 58.8 Å². The lowest BCUT2D eigenvalue weighted by atomic mass is 10.1. The largest absolute Gasteiger partial charge is 0.497 e. The van der Waals surface area contributed by atoms with E-state index in [0.717, 1.165) is 46.8 Å². The maximum atomic E-state index is 13.5. The lowest BCUT2D eigenvalue weighted by Gasteiger charge is -2.27. The van der Waals surface area contributed by atoms with Crippen LogP contribution in [0.5, 0.6) is 5.75 Å². The molecular formula is C33H36FN5O3S. The molecule has 224 valence electrons. The lowest BCUT2D eigenvalue weighted by Crippen LogP contribution is -2.39. The molecule has 5 rings (SSSR count). The van der Waals surface area contributed by atoms with Crippen LogP contribution in [0.15, 0.2) is 78.2 Å². The van der Waals surface area contributed by atoms with Gasteiger partial charge in [-0.1, -0.05) is 30.3 Å². The van der Waals surface area contributed by atoms with Crippen molar-refractivity contribution >= 4 is 34.0 Å². The van der Waals surface area contributed by atoms with Crippen LogP contribution in [0, 0.1) is 5.82 Å². The molecule has 0 unspecified atom stereocenters. The van der Waals surface area contributed by atoms with Crippen molar-refractivity contribution in [3.8, 4) is 17.0 Å². The van der Waals surface area contributed by atoms with Gasteiger partial charge in [0, 0.05) is 62.8 Å². The molecule has 3 aromatic carbocycles. The van der Waals surface area contributed by atoms with Gasteiger partial charge >= 0.3 is 0 Å². The number of nitrogens with one attached hydrogen (secondary N) is 1. The highest BCUT2D eigenvalue weighted by Gasteiger charge is 2.21. The van der Waals surface area contributed by atoms with Gasteiger partial charge in [0.15, 0.2) is 5.13 Å². The van der Waals surface area contributed by atoms with E-state index in [0.29, 0.717) is 37.9 Å². The molecule has 0 saturated carbocycles. The van der Waals surface area contributed by atoms with Gasteiger partial charge in [-0.15, -0.1) is 11.3 Å². The summed E-state index contributed by atoms with van der Waals surface area (Å²) >= 11 is 1.38. The van der Waals surface area contributed by atoms with Gasteiger partial charge in [-0.2, -0.15) is 0 Å². The van der Waals surface area contributed by atoms with Crippen LogP contribution in [0.2, 0.25) is 0 Å². The van der Waals surface area contributed by atoms with E-state index in [9.17, 15) is 14.0 Å². The first kappa shape index (κ1) is 30.3. The number of para-hydroxylation sites is 1. The molecule has 1 aliphatic heterocycles. The number of amides is 2. The summed E-state index contributed by atoms with van der Waals surface area (Å²) in [5.74, 6) is 0.339. The average molecular weight is 602 g/mol. The molecule has 1 N–H and O–H groups in total. The SMILES string of the molecule is COc1ccc(-c2csc(NC(=O)CN3CCN(Cc4ccc(F)cc4)CCCN(C(C)=O)c4ccccc4C3)n2)cc1. The number of rotatable bonds is 7. The van der Waals surface area contributed by atoms with Crippen molar-refractivity contribution in [2.75, 3.05) is 50.1 Å². The Labute approximate surface area is 255 Å². The summed E-state index contributed by atoms with van der Waals surface area (Å²) in [6, 6.07) is 22.1. The molecule has 0 atom stereocenters.